The van der Waals surface area contributed by atoms with Crippen molar-refractivity contribution in [1.29, 1.82) is 0 Å². The van der Waals surface area contributed by atoms with Crippen molar-refractivity contribution < 1.29 is 0 Å². The fourth-order valence-electron chi connectivity index (χ4n) is 7.71. The van der Waals surface area contributed by atoms with Crippen LogP contribution in [0.1, 0.15) is 0 Å². The lowest BCUT2D eigenvalue weighted by molar-refractivity contribution is 1.02. The number of benzene rings is 6. The van der Waals surface area contributed by atoms with E-state index >= 15 is 0 Å². The molecule has 228 valence electrons. The smallest absolute Gasteiger partial charge is 0.235 e. The summed E-state index contributed by atoms with van der Waals surface area (Å²) < 4.78 is 5.83. The fourth-order valence-corrected chi connectivity index (χ4v) is 8.87. The monoisotopic (exact) mass is 644 g/mol. The summed E-state index contributed by atoms with van der Waals surface area (Å²) in [4.78, 5) is 21.0. The second-order valence-corrected chi connectivity index (χ2v) is 13.3. The molecular weight excluding hydrogens is 621 g/mol. The molecular formula is C42H24N6S. The third-order valence-corrected chi connectivity index (χ3v) is 10.8. The molecule has 0 amide bonds. The highest BCUT2D eigenvalue weighted by atomic mass is 32.1. The van der Waals surface area contributed by atoms with Crippen LogP contribution in [0.4, 0.5) is 0 Å². The minimum absolute atomic E-state index is 0.639. The Kier molecular flexibility index (Phi) is 5.45. The van der Waals surface area contributed by atoms with Crippen LogP contribution in [0, 0.1) is 0 Å². The van der Waals surface area contributed by atoms with E-state index in [1.54, 1.807) is 17.7 Å². The molecule has 0 aliphatic rings. The fraction of sp³-hybridized carbons (Fsp3) is 0. The van der Waals surface area contributed by atoms with Crippen molar-refractivity contribution in [2.45, 2.75) is 0 Å². The molecule has 11 aromatic rings. The van der Waals surface area contributed by atoms with Crippen LogP contribution in [0.15, 0.2) is 146 Å². The van der Waals surface area contributed by atoms with E-state index in [-0.39, 0.29) is 0 Å². The molecule has 6 nitrogen and oxygen atoms in total. The van der Waals surface area contributed by atoms with E-state index < -0.39 is 0 Å². The number of nitrogens with zero attached hydrogens (tertiary/aromatic N) is 6. The number of para-hydroxylation sites is 4. The first-order valence-electron chi connectivity index (χ1n) is 16.2. The molecule has 49 heavy (non-hydrogen) atoms. The third-order valence-electron chi connectivity index (χ3n) is 9.68. The Morgan fingerprint density at radius 2 is 1.14 bits per heavy atom. The predicted octanol–water partition coefficient (Wildman–Crippen LogP) is 10.6. The number of hydrogen-bond donors (Lipinski definition) is 0. The van der Waals surface area contributed by atoms with Crippen molar-refractivity contribution in [2.75, 3.05) is 0 Å². The van der Waals surface area contributed by atoms with E-state index in [1.807, 2.05) is 18.3 Å². The minimum Gasteiger partial charge on any atom is -0.309 e. The van der Waals surface area contributed by atoms with Crippen LogP contribution in [0.3, 0.4) is 0 Å². The molecule has 11 rings (SSSR count). The molecule has 5 heterocycles. The number of rotatable bonds is 3. The highest BCUT2D eigenvalue weighted by molar-refractivity contribution is 7.26. The van der Waals surface area contributed by atoms with Gasteiger partial charge in [-0.15, -0.1) is 11.3 Å². The van der Waals surface area contributed by atoms with E-state index in [1.165, 1.54) is 16.2 Å². The Morgan fingerprint density at radius 1 is 0.510 bits per heavy atom. The summed E-state index contributed by atoms with van der Waals surface area (Å²) in [5.74, 6) is 0.639. The average molecular weight is 645 g/mol. The maximum atomic E-state index is 5.39. The molecule has 0 unspecified atom stereocenters. The minimum atomic E-state index is 0.639. The molecule has 0 N–H and O–H groups in total. The first-order valence-corrected chi connectivity index (χ1v) is 17.1. The Morgan fingerprint density at radius 3 is 1.92 bits per heavy atom. The molecule has 0 fully saturated rings. The number of hydrogen-bond acceptors (Lipinski definition) is 5. The van der Waals surface area contributed by atoms with Gasteiger partial charge in [0.2, 0.25) is 5.95 Å². The van der Waals surface area contributed by atoms with Gasteiger partial charge in [0.15, 0.2) is 0 Å². The second kappa shape index (κ2) is 10.0. The summed E-state index contributed by atoms with van der Waals surface area (Å²) >= 11 is 1.71. The predicted molar refractivity (Wildman–Crippen MR) is 202 cm³/mol. The van der Waals surface area contributed by atoms with Gasteiger partial charge in [0.25, 0.3) is 0 Å². The standard InChI is InChI=1S/C42H24N6S/c1-3-13-25(14-4-1)37-27-17-7-10-20-31(27)45-42(46-37)48-33-22-12-9-19-29(33)35-34-28-18-8-11-21-32(28)47(26-15-5-2-6-16-26)38(34)36-30-23-43-24-44-41(30)49-40(36)39(35)48/h1-24H. The molecule has 0 aliphatic heterocycles. The normalized spacial score (nSPS) is 12.1. The van der Waals surface area contributed by atoms with Crippen LogP contribution in [0.5, 0.6) is 0 Å². The topological polar surface area (TPSA) is 61.4 Å². The Labute approximate surface area is 283 Å². The molecule has 0 saturated heterocycles. The quantitative estimate of drug-likeness (QED) is 0.192. The van der Waals surface area contributed by atoms with Crippen LogP contribution >= 0.6 is 11.3 Å². The van der Waals surface area contributed by atoms with Gasteiger partial charge in [-0.1, -0.05) is 103 Å². The number of thiophene rings is 1. The van der Waals surface area contributed by atoms with E-state index in [0.29, 0.717) is 5.95 Å². The molecule has 6 aromatic carbocycles. The lowest BCUT2D eigenvalue weighted by Gasteiger charge is -2.13. The zero-order valence-corrected chi connectivity index (χ0v) is 26.8. The maximum Gasteiger partial charge on any atom is 0.235 e. The first kappa shape index (κ1) is 26.6. The van der Waals surface area contributed by atoms with E-state index in [0.717, 1.165) is 75.6 Å². The van der Waals surface area contributed by atoms with Gasteiger partial charge in [-0.05, 0) is 30.3 Å². The Bertz CT molecular complexity index is 3100. The Hall–Kier alpha value is -6.44. The van der Waals surface area contributed by atoms with Crippen molar-refractivity contribution in [1.82, 2.24) is 29.1 Å². The van der Waals surface area contributed by atoms with Crippen molar-refractivity contribution in [2.24, 2.45) is 0 Å². The summed E-state index contributed by atoms with van der Waals surface area (Å²) in [6.45, 7) is 0. The maximum absolute atomic E-state index is 5.39. The van der Waals surface area contributed by atoms with Crippen molar-refractivity contribution in [3.8, 4) is 22.9 Å². The molecule has 0 saturated carbocycles. The highest BCUT2D eigenvalue weighted by Crippen LogP contribution is 2.50. The van der Waals surface area contributed by atoms with Crippen molar-refractivity contribution in [3.63, 3.8) is 0 Å². The molecule has 0 bridgehead atoms. The number of aromatic nitrogens is 6. The zero-order chi connectivity index (χ0) is 32.1. The Balaban J connectivity index is 1.42. The van der Waals surface area contributed by atoms with E-state index in [9.17, 15) is 0 Å². The molecule has 0 atom stereocenters. The van der Waals surface area contributed by atoms with Crippen molar-refractivity contribution in [3.05, 3.63) is 146 Å². The van der Waals surface area contributed by atoms with E-state index in [4.69, 9.17) is 15.0 Å². The second-order valence-electron chi connectivity index (χ2n) is 12.3. The van der Waals surface area contributed by atoms with Crippen LogP contribution in [-0.2, 0) is 0 Å². The molecule has 5 aromatic heterocycles. The van der Waals surface area contributed by atoms with Gasteiger partial charge in [-0.25, -0.2) is 19.9 Å². The summed E-state index contributed by atoms with van der Waals surface area (Å²) in [5, 5.41) is 7.92. The molecule has 0 aliphatic carbocycles. The lowest BCUT2D eigenvalue weighted by Crippen LogP contribution is -2.03. The van der Waals surface area contributed by atoms with Gasteiger partial charge in [0.05, 0.1) is 38.0 Å². The molecule has 0 radical (unpaired) electrons. The summed E-state index contributed by atoms with van der Waals surface area (Å²) in [6.07, 6.45) is 3.61. The van der Waals surface area contributed by atoms with Crippen molar-refractivity contribution >= 4 is 86.2 Å². The van der Waals surface area contributed by atoms with Gasteiger partial charge in [0.1, 0.15) is 11.2 Å². The van der Waals surface area contributed by atoms with Crippen LogP contribution in [0.25, 0.3) is 97.7 Å². The number of fused-ring (bicyclic) bond motifs is 13. The van der Waals surface area contributed by atoms with Crippen LogP contribution in [-0.4, -0.2) is 29.1 Å². The lowest BCUT2D eigenvalue weighted by atomic mass is 10.0. The van der Waals surface area contributed by atoms with Gasteiger partial charge >= 0.3 is 0 Å². The van der Waals surface area contributed by atoms with Gasteiger partial charge in [-0.2, -0.15) is 0 Å². The van der Waals surface area contributed by atoms with Gasteiger partial charge in [-0.3, -0.25) is 4.57 Å². The summed E-state index contributed by atoms with van der Waals surface area (Å²) in [5.41, 5.74) is 8.42. The summed E-state index contributed by atoms with van der Waals surface area (Å²) in [7, 11) is 0. The van der Waals surface area contributed by atoms with Crippen LogP contribution < -0.4 is 0 Å². The van der Waals surface area contributed by atoms with Gasteiger partial charge < -0.3 is 4.57 Å². The molecule has 7 heteroatoms. The first-order chi connectivity index (χ1) is 24.3. The average Bonchev–Trinajstić information content (AvgIpc) is 3.83. The highest BCUT2D eigenvalue weighted by Gasteiger charge is 2.28. The molecule has 0 spiro atoms. The summed E-state index contributed by atoms with van der Waals surface area (Å²) in [6, 6.07) is 46.8. The van der Waals surface area contributed by atoms with Crippen LogP contribution in [0.2, 0.25) is 0 Å². The van der Waals surface area contributed by atoms with Gasteiger partial charge in [0, 0.05) is 55.2 Å². The largest absolute Gasteiger partial charge is 0.309 e. The zero-order valence-electron chi connectivity index (χ0n) is 25.9. The van der Waals surface area contributed by atoms with E-state index in [2.05, 4.69) is 135 Å². The SMILES string of the molecule is c1ccc(-c2nc(-n3c4ccccc4c4c5c6ccccc6n(-c6ccccc6)c5c5c6cncnc6sc5c43)nc3ccccc23)cc1. The third kappa shape index (κ3) is 3.65.